The number of nitrogens with two attached hydrogens (primary N) is 1. The molecule has 1 amide bonds. The summed E-state index contributed by atoms with van der Waals surface area (Å²) in [6.07, 6.45) is 0. The third-order valence-corrected chi connectivity index (χ3v) is 4.05. The summed E-state index contributed by atoms with van der Waals surface area (Å²) in [5.41, 5.74) is 8.96. The first-order chi connectivity index (χ1) is 12.5. The Morgan fingerprint density at radius 3 is 2.27 bits per heavy atom. The minimum absolute atomic E-state index is 0.0382. The van der Waals surface area contributed by atoms with Crippen LogP contribution in [-0.2, 0) is 0 Å². The van der Waals surface area contributed by atoms with E-state index < -0.39 is 10.8 Å². The molecule has 0 saturated carbocycles. The van der Waals surface area contributed by atoms with Gasteiger partial charge >= 0.3 is 0 Å². The molecule has 0 saturated heterocycles. The first-order valence-corrected chi connectivity index (χ1v) is 7.82. The molecule has 0 bridgehead atoms. The van der Waals surface area contributed by atoms with E-state index >= 15 is 0 Å². The topological polar surface area (TPSA) is 95.5 Å². The quantitative estimate of drug-likeness (QED) is 0.556. The van der Waals surface area contributed by atoms with Crippen LogP contribution in [0.4, 0.5) is 5.69 Å². The van der Waals surface area contributed by atoms with E-state index in [9.17, 15) is 14.9 Å². The van der Waals surface area contributed by atoms with Gasteiger partial charge < -0.3 is 10.5 Å². The number of nitrogens with zero attached hydrogens (tertiary/aromatic N) is 1. The van der Waals surface area contributed by atoms with Gasteiger partial charge in [-0.05, 0) is 41.0 Å². The summed E-state index contributed by atoms with van der Waals surface area (Å²) in [6, 6.07) is 19.0. The zero-order chi connectivity index (χ0) is 18.7. The van der Waals surface area contributed by atoms with Crippen LogP contribution in [0.3, 0.4) is 0 Å². The van der Waals surface area contributed by atoms with E-state index in [1.165, 1.54) is 19.2 Å². The Balaban J connectivity index is 2.07. The van der Waals surface area contributed by atoms with Crippen molar-refractivity contribution >= 4 is 11.6 Å². The summed E-state index contributed by atoms with van der Waals surface area (Å²) in [5, 5.41) is 11.0. The number of nitro groups is 1. The van der Waals surface area contributed by atoms with E-state index in [-0.39, 0.29) is 5.69 Å². The molecule has 0 radical (unpaired) electrons. The van der Waals surface area contributed by atoms with Crippen molar-refractivity contribution in [2.75, 3.05) is 7.11 Å². The molecule has 26 heavy (non-hydrogen) atoms. The van der Waals surface area contributed by atoms with Crippen molar-refractivity contribution < 1.29 is 14.5 Å². The first-order valence-electron chi connectivity index (χ1n) is 7.82. The number of non-ortho nitro benzene ring substituents is 1. The SMILES string of the molecule is COc1cc(C(N)=O)ccc1-c1cccc(-c2cccc([N+](=O)[O-])c2)c1. The minimum Gasteiger partial charge on any atom is -0.496 e. The van der Waals surface area contributed by atoms with Crippen molar-refractivity contribution in [1.29, 1.82) is 0 Å². The molecule has 0 spiro atoms. The van der Waals surface area contributed by atoms with E-state index in [0.717, 1.165) is 22.3 Å². The molecule has 0 atom stereocenters. The normalized spacial score (nSPS) is 10.3. The summed E-state index contributed by atoms with van der Waals surface area (Å²) in [7, 11) is 1.52. The summed E-state index contributed by atoms with van der Waals surface area (Å²) in [6.45, 7) is 0. The molecule has 2 N–H and O–H groups in total. The highest BCUT2D eigenvalue weighted by Crippen LogP contribution is 2.34. The Bertz CT molecular complexity index is 999. The zero-order valence-electron chi connectivity index (χ0n) is 14.0. The largest absolute Gasteiger partial charge is 0.496 e. The number of nitro benzene ring substituents is 1. The molecule has 0 aliphatic heterocycles. The maximum Gasteiger partial charge on any atom is 0.270 e. The number of carbonyl (C=O) groups excluding carboxylic acids is 1. The van der Waals surface area contributed by atoms with Crippen molar-refractivity contribution in [3.05, 3.63) is 82.4 Å². The monoisotopic (exact) mass is 348 g/mol. The van der Waals surface area contributed by atoms with Gasteiger partial charge in [-0.25, -0.2) is 0 Å². The van der Waals surface area contributed by atoms with Gasteiger partial charge in [0.1, 0.15) is 5.75 Å². The Labute approximate surface area is 150 Å². The summed E-state index contributed by atoms with van der Waals surface area (Å²) in [4.78, 5) is 21.9. The molecule has 3 aromatic rings. The molecule has 3 aromatic carbocycles. The summed E-state index contributed by atoms with van der Waals surface area (Å²) in [5.74, 6) is -0.00214. The van der Waals surface area contributed by atoms with Crippen LogP contribution in [0.2, 0.25) is 0 Å². The summed E-state index contributed by atoms with van der Waals surface area (Å²) < 4.78 is 5.39. The van der Waals surface area contributed by atoms with Gasteiger partial charge in [-0.2, -0.15) is 0 Å². The first kappa shape index (κ1) is 17.2. The van der Waals surface area contributed by atoms with Crippen molar-refractivity contribution in [2.24, 2.45) is 5.73 Å². The fourth-order valence-corrected chi connectivity index (χ4v) is 2.75. The Kier molecular flexibility index (Phi) is 4.66. The van der Waals surface area contributed by atoms with Gasteiger partial charge in [-0.1, -0.05) is 30.3 Å². The van der Waals surface area contributed by atoms with Crippen molar-refractivity contribution in [3.8, 4) is 28.0 Å². The van der Waals surface area contributed by atoms with Crippen LogP contribution in [0.25, 0.3) is 22.3 Å². The van der Waals surface area contributed by atoms with Gasteiger partial charge in [0.2, 0.25) is 5.91 Å². The van der Waals surface area contributed by atoms with E-state index in [1.807, 2.05) is 30.3 Å². The zero-order valence-corrected chi connectivity index (χ0v) is 14.0. The van der Waals surface area contributed by atoms with Crippen LogP contribution < -0.4 is 10.5 Å². The van der Waals surface area contributed by atoms with E-state index in [4.69, 9.17) is 10.5 Å². The number of carbonyl (C=O) groups is 1. The molecule has 0 heterocycles. The number of rotatable bonds is 5. The van der Waals surface area contributed by atoms with Crippen molar-refractivity contribution in [3.63, 3.8) is 0 Å². The highest BCUT2D eigenvalue weighted by molar-refractivity contribution is 5.94. The lowest BCUT2D eigenvalue weighted by atomic mass is 9.97. The number of hydrogen-bond donors (Lipinski definition) is 1. The van der Waals surface area contributed by atoms with Gasteiger partial charge in [0.05, 0.1) is 12.0 Å². The van der Waals surface area contributed by atoms with E-state index in [0.29, 0.717) is 11.3 Å². The molecule has 130 valence electrons. The van der Waals surface area contributed by atoms with Gasteiger partial charge in [0, 0.05) is 23.3 Å². The maximum absolute atomic E-state index is 11.4. The van der Waals surface area contributed by atoms with Crippen molar-refractivity contribution in [1.82, 2.24) is 0 Å². The van der Waals surface area contributed by atoms with Gasteiger partial charge in [0.15, 0.2) is 0 Å². The van der Waals surface area contributed by atoms with Crippen LogP contribution >= 0.6 is 0 Å². The van der Waals surface area contributed by atoms with Gasteiger partial charge in [-0.15, -0.1) is 0 Å². The van der Waals surface area contributed by atoms with Crippen LogP contribution in [0, 0.1) is 10.1 Å². The lowest BCUT2D eigenvalue weighted by Crippen LogP contribution is -2.10. The maximum atomic E-state index is 11.4. The van der Waals surface area contributed by atoms with E-state index in [1.54, 1.807) is 24.3 Å². The second kappa shape index (κ2) is 7.06. The lowest BCUT2D eigenvalue weighted by Gasteiger charge is -2.11. The number of primary amides is 1. The van der Waals surface area contributed by atoms with Gasteiger partial charge in [-0.3, -0.25) is 14.9 Å². The van der Waals surface area contributed by atoms with Crippen LogP contribution in [-0.4, -0.2) is 17.9 Å². The average Bonchev–Trinajstić information content (AvgIpc) is 2.67. The molecular weight excluding hydrogens is 332 g/mol. The summed E-state index contributed by atoms with van der Waals surface area (Å²) >= 11 is 0. The number of amides is 1. The molecule has 6 nitrogen and oxygen atoms in total. The highest BCUT2D eigenvalue weighted by atomic mass is 16.6. The van der Waals surface area contributed by atoms with E-state index in [2.05, 4.69) is 0 Å². The Morgan fingerprint density at radius 1 is 0.962 bits per heavy atom. The predicted molar refractivity (Wildman–Crippen MR) is 99.0 cm³/mol. The second-order valence-corrected chi connectivity index (χ2v) is 5.67. The molecule has 0 aliphatic carbocycles. The third-order valence-electron chi connectivity index (χ3n) is 4.05. The molecule has 3 rings (SSSR count). The number of ether oxygens (including phenoxy) is 1. The molecule has 6 heteroatoms. The fourth-order valence-electron chi connectivity index (χ4n) is 2.75. The van der Waals surface area contributed by atoms with Crippen LogP contribution in [0.15, 0.2) is 66.7 Å². The standard InChI is InChI=1S/C20H16N2O4/c1-26-19-12-16(20(21)23)8-9-18(19)15-6-2-4-13(10-15)14-5-3-7-17(11-14)22(24)25/h2-12H,1H3,(H2,21,23). The number of hydrogen-bond acceptors (Lipinski definition) is 4. The van der Waals surface area contributed by atoms with Crippen LogP contribution in [0.1, 0.15) is 10.4 Å². The highest BCUT2D eigenvalue weighted by Gasteiger charge is 2.12. The predicted octanol–water partition coefficient (Wildman–Crippen LogP) is 4.04. The molecule has 0 aliphatic rings. The fraction of sp³-hybridized carbons (Fsp3) is 0.0500. The second-order valence-electron chi connectivity index (χ2n) is 5.67. The lowest BCUT2D eigenvalue weighted by molar-refractivity contribution is -0.384. The smallest absolute Gasteiger partial charge is 0.270 e. The molecule has 0 aromatic heterocycles. The average molecular weight is 348 g/mol. The number of benzene rings is 3. The van der Waals surface area contributed by atoms with Gasteiger partial charge in [0.25, 0.3) is 5.69 Å². The minimum atomic E-state index is -0.528. The Morgan fingerprint density at radius 2 is 1.62 bits per heavy atom. The molecule has 0 fully saturated rings. The van der Waals surface area contributed by atoms with Crippen LogP contribution in [0.5, 0.6) is 5.75 Å². The molecular formula is C20H16N2O4. The Hall–Kier alpha value is -3.67. The molecule has 0 unspecified atom stereocenters. The van der Waals surface area contributed by atoms with Crippen molar-refractivity contribution in [2.45, 2.75) is 0 Å². The number of methoxy groups -OCH3 is 1. The third kappa shape index (κ3) is 3.39.